The lowest BCUT2D eigenvalue weighted by Gasteiger charge is -2.09. The van der Waals surface area contributed by atoms with Gasteiger partial charge in [-0.1, -0.05) is 22.0 Å². The zero-order chi connectivity index (χ0) is 10.1. The molecule has 0 spiro atoms. The fourth-order valence-corrected chi connectivity index (χ4v) is 1.93. The average Bonchev–Trinajstić information content (AvgIpc) is 2.51. The molecule has 14 heavy (non-hydrogen) atoms. The van der Waals surface area contributed by atoms with Gasteiger partial charge in [-0.2, -0.15) is 0 Å². The predicted octanol–water partition coefficient (Wildman–Crippen LogP) is 2.37. The number of halogens is 2. The molecule has 0 saturated carbocycles. The van der Waals surface area contributed by atoms with E-state index >= 15 is 0 Å². The summed E-state index contributed by atoms with van der Waals surface area (Å²) in [5.74, 6) is -0.321. The molecule has 1 aromatic carbocycles. The van der Waals surface area contributed by atoms with Crippen LogP contribution in [0.2, 0.25) is 0 Å². The van der Waals surface area contributed by atoms with E-state index in [-0.39, 0.29) is 11.9 Å². The van der Waals surface area contributed by atoms with Crippen LogP contribution in [0.25, 0.3) is 0 Å². The Balaban J connectivity index is 2.28. The summed E-state index contributed by atoms with van der Waals surface area (Å²) in [6, 6.07) is 4.29. The minimum absolute atomic E-state index is 0.321. The van der Waals surface area contributed by atoms with E-state index in [0.717, 1.165) is 5.56 Å². The second kappa shape index (κ2) is 3.57. The summed E-state index contributed by atoms with van der Waals surface area (Å²) in [5, 5.41) is 2.53. The van der Waals surface area contributed by atoms with Crippen LogP contribution in [0.1, 0.15) is 11.7 Å². The van der Waals surface area contributed by atoms with E-state index in [4.69, 9.17) is 4.74 Å². The van der Waals surface area contributed by atoms with Crippen molar-refractivity contribution in [1.82, 2.24) is 5.32 Å². The summed E-state index contributed by atoms with van der Waals surface area (Å²) in [6.07, 6.45) is -0.774. The summed E-state index contributed by atoms with van der Waals surface area (Å²) in [5.41, 5.74) is 0.768. The first-order valence-electron chi connectivity index (χ1n) is 4.06. The van der Waals surface area contributed by atoms with Gasteiger partial charge in [-0.25, -0.2) is 9.18 Å². The highest BCUT2D eigenvalue weighted by atomic mass is 79.9. The third-order valence-corrected chi connectivity index (χ3v) is 2.68. The van der Waals surface area contributed by atoms with Crippen LogP contribution in [0.3, 0.4) is 0 Å². The molecule has 5 heteroatoms. The number of cyclic esters (lactones) is 1. The molecule has 1 unspecified atom stereocenters. The maximum absolute atomic E-state index is 12.8. The normalized spacial score (nSPS) is 20.4. The standard InChI is InChI=1S/C9H7BrFNO2/c10-7-3-5(11)1-2-6(7)8-4-12-9(13)14-8/h1-3,8H,4H2,(H,12,13). The van der Waals surface area contributed by atoms with Crippen molar-refractivity contribution in [2.24, 2.45) is 0 Å². The van der Waals surface area contributed by atoms with Crippen LogP contribution in [0.15, 0.2) is 22.7 Å². The predicted molar refractivity (Wildman–Crippen MR) is 51.3 cm³/mol. The van der Waals surface area contributed by atoms with Crippen molar-refractivity contribution in [1.29, 1.82) is 0 Å². The van der Waals surface area contributed by atoms with Crippen LogP contribution >= 0.6 is 15.9 Å². The molecule has 0 aliphatic carbocycles. The zero-order valence-corrected chi connectivity index (χ0v) is 8.67. The van der Waals surface area contributed by atoms with Gasteiger partial charge in [0, 0.05) is 10.0 Å². The highest BCUT2D eigenvalue weighted by Gasteiger charge is 2.25. The minimum atomic E-state index is -0.439. The molecule has 1 heterocycles. The third kappa shape index (κ3) is 1.72. The molecule has 1 saturated heterocycles. The van der Waals surface area contributed by atoms with E-state index in [1.807, 2.05) is 0 Å². The van der Waals surface area contributed by atoms with Crippen molar-refractivity contribution >= 4 is 22.0 Å². The fourth-order valence-electron chi connectivity index (χ4n) is 1.32. The number of alkyl carbamates (subject to hydrolysis) is 1. The van der Waals surface area contributed by atoms with Crippen LogP contribution < -0.4 is 5.32 Å². The van der Waals surface area contributed by atoms with Crippen molar-refractivity contribution in [3.05, 3.63) is 34.1 Å². The third-order valence-electron chi connectivity index (χ3n) is 1.99. The van der Waals surface area contributed by atoms with E-state index in [1.54, 1.807) is 6.07 Å². The summed E-state index contributed by atoms with van der Waals surface area (Å²) < 4.78 is 18.3. The molecule has 1 N–H and O–H groups in total. The number of hydrogen-bond acceptors (Lipinski definition) is 2. The Morgan fingerprint density at radius 2 is 2.36 bits per heavy atom. The maximum atomic E-state index is 12.8. The van der Waals surface area contributed by atoms with Gasteiger partial charge in [-0.05, 0) is 12.1 Å². The van der Waals surface area contributed by atoms with Gasteiger partial charge < -0.3 is 10.1 Å². The Kier molecular flexibility index (Phi) is 2.41. The van der Waals surface area contributed by atoms with Crippen LogP contribution in [0.4, 0.5) is 9.18 Å². The molecule has 74 valence electrons. The largest absolute Gasteiger partial charge is 0.439 e. The van der Waals surface area contributed by atoms with Gasteiger partial charge >= 0.3 is 6.09 Å². The fraction of sp³-hybridized carbons (Fsp3) is 0.222. The molecule has 1 amide bonds. The van der Waals surface area contributed by atoms with Crippen LogP contribution in [0, 0.1) is 5.82 Å². The molecule has 3 nitrogen and oxygen atoms in total. The Morgan fingerprint density at radius 3 is 2.93 bits per heavy atom. The first-order chi connectivity index (χ1) is 6.66. The first kappa shape index (κ1) is 9.45. The van der Waals surface area contributed by atoms with E-state index < -0.39 is 6.09 Å². The average molecular weight is 260 g/mol. The molecule has 1 aliphatic heterocycles. The Morgan fingerprint density at radius 1 is 1.57 bits per heavy atom. The number of ether oxygens (including phenoxy) is 1. The van der Waals surface area contributed by atoms with Gasteiger partial charge in [0.15, 0.2) is 0 Å². The number of carbonyl (C=O) groups excluding carboxylic acids is 1. The van der Waals surface area contributed by atoms with Crippen LogP contribution in [-0.2, 0) is 4.74 Å². The Labute approximate surface area is 88.4 Å². The maximum Gasteiger partial charge on any atom is 0.407 e. The van der Waals surface area contributed by atoms with Gasteiger partial charge in [0.2, 0.25) is 0 Å². The van der Waals surface area contributed by atoms with Crippen LogP contribution in [-0.4, -0.2) is 12.6 Å². The van der Waals surface area contributed by atoms with Crippen molar-refractivity contribution < 1.29 is 13.9 Å². The Bertz CT molecular complexity index is 383. The molecule has 1 aromatic rings. The van der Waals surface area contributed by atoms with Gasteiger partial charge in [-0.3, -0.25) is 0 Å². The lowest BCUT2D eigenvalue weighted by atomic mass is 10.1. The molecule has 0 bridgehead atoms. The van der Waals surface area contributed by atoms with Gasteiger partial charge in [-0.15, -0.1) is 0 Å². The van der Waals surface area contributed by atoms with Crippen LogP contribution in [0.5, 0.6) is 0 Å². The summed E-state index contributed by atoms with van der Waals surface area (Å²) >= 11 is 3.22. The number of nitrogens with one attached hydrogen (secondary N) is 1. The van der Waals surface area contributed by atoms with E-state index in [1.165, 1.54) is 12.1 Å². The molecule has 1 atom stereocenters. The molecular weight excluding hydrogens is 253 g/mol. The van der Waals surface area contributed by atoms with E-state index in [9.17, 15) is 9.18 Å². The van der Waals surface area contributed by atoms with Gasteiger partial charge in [0.25, 0.3) is 0 Å². The van der Waals surface area contributed by atoms with Crippen molar-refractivity contribution in [3.8, 4) is 0 Å². The van der Waals surface area contributed by atoms with Crippen molar-refractivity contribution in [2.45, 2.75) is 6.10 Å². The number of hydrogen-bond donors (Lipinski definition) is 1. The molecule has 0 radical (unpaired) electrons. The molecule has 0 aromatic heterocycles. The first-order valence-corrected chi connectivity index (χ1v) is 4.85. The lowest BCUT2D eigenvalue weighted by molar-refractivity contribution is 0.141. The number of amides is 1. The smallest absolute Gasteiger partial charge is 0.407 e. The lowest BCUT2D eigenvalue weighted by Crippen LogP contribution is -2.12. The topological polar surface area (TPSA) is 38.3 Å². The second-order valence-corrected chi connectivity index (χ2v) is 3.80. The summed E-state index contributed by atoms with van der Waals surface area (Å²) in [4.78, 5) is 10.8. The molecule has 2 rings (SSSR count). The quantitative estimate of drug-likeness (QED) is 0.841. The van der Waals surface area contributed by atoms with Gasteiger partial charge in [0.05, 0.1) is 6.54 Å². The molecular formula is C9H7BrFNO2. The van der Waals surface area contributed by atoms with Gasteiger partial charge in [0.1, 0.15) is 11.9 Å². The molecule has 1 fully saturated rings. The SMILES string of the molecule is O=C1NCC(c2ccc(F)cc2Br)O1. The van der Waals surface area contributed by atoms with E-state index in [2.05, 4.69) is 21.2 Å². The summed E-state index contributed by atoms with van der Waals surface area (Å²) in [7, 11) is 0. The molecule has 1 aliphatic rings. The highest BCUT2D eigenvalue weighted by Crippen LogP contribution is 2.28. The zero-order valence-electron chi connectivity index (χ0n) is 7.09. The number of rotatable bonds is 1. The summed E-state index contributed by atoms with van der Waals surface area (Å²) in [6.45, 7) is 0.420. The van der Waals surface area contributed by atoms with Crippen molar-refractivity contribution in [3.63, 3.8) is 0 Å². The Hall–Kier alpha value is -1.10. The minimum Gasteiger partial charge on any atom is -0.439 e. The highest BCUT2D eigenvalue weighted by molar-refractivity contribution is 9.10. The van der Waals surface area contributed by atoms with Crippen molar-refractivity contribution in [2.75, 3.05) is 6.54 Å². The van der Waals surface area contributed by atoms with E-state index in [0.29, 0.717) is 11.0 Å². The second-order valence-electron chi connectivity index (χ2n) is 2.94. The number of benzene rings is 1. The number of carbonyl (C=O) groups is 1. The monoisotopic (exact) mass is 259 g/mol.